The number of aryl methyl sites for hydroxylation is 2. The van der Waals surface area contributed by atoms with Crippen molar-refractivity contribution in [2.75, 3.05) is 5.73 Å². The lowest BCUT2D eigenvalue weighted by Gasteiger charge is -2.07. The van der Waals surface area contributed by atoms with E-state index in [0.29, 0.717) is 17.9 Å². The second-order valence-electron chi connectivity index (χ2n) is 4.42. The van der Waals surface area contributed by atoms with Crippen molar-refractivity contribution >= 4 is 22.9 Å². The number of hydrogen-bond acceptors (Lipinski definition) is 4. The molecule has 2 rings (SSSR count). The van der Waals surface area contributed by atoms with Crippen molar-refractivity contribution in [3.63, 3.8) is 0 Å². The summed E-state index contributed by atoms with van der Waals surface area (Å²) in [6.45, 7) is 5.25. The molecule has 0 saturated heterocycles. The van der Waals surface area contributed by atoms with Crippen LogP contribution in [0.2, 0.25) is 0 Å². The van der Waals surface area contributed by atoms with E-state index < -0.39 is 0 Å². The number of aromatic nitrogens is 2. The molecule has 0 aliphatic carbocycles. The van der Waals surface area contributed by atoms with Gasteiger partial charge in [-0.3, -0.25) is 4.79 Å². The fourth-order valence-corrected chi connectivity index (χ4v) is 2.59. The van der Waals surface area contributed by atoms with E-state index in [0.717, 1.165) is 23.7 Å². The van der Waals surface area contributed by atoms with E-state index >= 15 is 0 Å². The van der Waals surface area contributed by atoms with E-state index in [-0.39, 0.29) is 5.91 Å². The first-order valence-corrected chi connectivity index (χ1v) is 7.13. The summed E-state index contributed by atoms with van der Waals surface area (Å²) < 4.78 is 1.89. The lowest BCUT2D eigenvalue weighted by atomic mass is 10.3. The van der Waals surface area contributed by atoms with E-state index in [1.54, 1.807) is 23.6 Å². The number of carbonyl (C=O) groups excluding carboxylic acids is 1. The molecule has 0 aromatic carbocycles. The molecule has 6 heteroatoms. The van der Waals surface area contributed by atoms with Crippen LogP contribution in [0.15, 0.2) is 17.6 Å². The van der Waals surface area contributed by atoms with Crippen molar-refractivity contribution in [1.82, 2.24) is 14.9 Å². The number of nitrogen functional groups attached to an aromatic ring is 1. The summed E-state index contributed by atoms with van der Waals surface area (Å²) in [4.78, 5) is 16.4. The van der Waals surface area contributed by atoms with Crippen LogP contribution in [0, 0.1) is 6.92 Å². The highest BCUT2D eigenvalue weighted by molar-refractivity contribution is 7.09. The fourth-order valence-electron chi connectivity index (χ4n) is 1.88. The predicted molar refractivity (Wildman–Crippen MR) is 77.2 cm³/mol. The number of carbonyl (C=O) groups is 1. The van der Waals surface area contributed by atoms with Crippen LogP contribution >= 0.6 is 11.3 Å². The van der Waals surface area contributed by atoms with Gasteiger partial charge in [-0.1, -0.05) is 6.92 Å². The molecule has 102 valence electrons. The van der Waals surface area contributed by atoms with E-state index in [9.17, 15) is 4.79 Å². The van der Waals surface area contributed by atoms with Crippen molar-refractivity contribution in [1.29, 1.82) is 0 Å². The average Bonchev–Trinajstić information content (AvgIpc) is 2.93. The van der Waals surface area contributed by atoms with Crippen molar-refractivity contribution in [2.45, 2.75) is 33.4 Å². The summed E-state index contributed by atoms with van der Waals surface area (Å²) >= 11 is 1.55. The van der Waals surface area contributed by atoms with Crippen LogP contribution < -0.4 is 11.1 Å². The zero-order chi connectivity index (χ0) is 13.8. The third-order valence-electron chi connectivity index (χ3n) is 2.68. The molecule has 2 heterocycles. The van der Waals surface area contributed by atoms with Gasteiger partial charge < -0.3 is 15.6 Å². The molecule has 0 spiro atoms. The Kier molecular flexibility index (Phi) is 4.21. The van der Waals surface area contributed by atoms with E-state index in [1.807, 2.05) is 16.9 Å². The van der Waals surface area contributed by atoms with Crippen LogP contribution in [-0.4, -0.2) is 15.5 Å². The molecule has 3 N–H and O–H groups in total. The van der Waals surface area contributed by atoms with Gasteiger partial charge in [0.05, 0.1) is 12.2 Å². The van der Waals surface area contributed by atoms with Gasteiger partial charge in [0.25, 0.3) is 5.91 Å². The monoisotopic (exact) mass is 278 g/mol. The zero-order valence-corrected chi connectivity index (χ0v) is 12.0. The summed E-state index contributed by atoms with van der Waals surface area (Å²) in [6, 6.07) is 1.71. The van der Waals surface area contributed by atoms with Crippen LogP contribution in [0.25, 0.3) is 0 Å². The third-order valence-corrected chi connectivity index (χ3v) is 3.65. The number of rotatable bonds is 5. The van der Waals surface area contributed by atoms with E-state index in [1.165, 1.54) is 0 Å². The first kappa shape index (κ1) is 13.6. The standard InChI is InChI=1S/C13H18N4OS/c1-3-4-17-7-10(14)5-11(17)13(18)15-6-12-16-9(2)8-19-12/h5,7-8H,3-4,6,14H2,1-2H3,(H,15,18). The van der Waals surface area contributed by atoms with Gasteiger partial charge in [-0.2, -0.15) is 0 Å². The third kappa shape index (κ3) is 3.35. The highest BCUT2D eigenvalue weighted by Gasteiger charge is 2.12. The van der Waals surface area contributed by atoms with Crippen LogP contribution in [0.4, 0.5) is 5.69 Å². The fraction of sp³-hybridized carbons (Fsp3) is 0.385. The Morgan fingerprint density at radius 3 is 3.00 bits per heavy atom. The minimum absolute atomic E-state index is 0.113. The second-order valence-corrected chi connectivity index (χ2v) is 5.36. The maximum absolute atomic E-state index is 12.1. The molecule has 0 fully saturated rings. The molecule has 0 unspecified atom stereocenters. The maximum Gasteiger partial charge on any atom is 0.268 e. The van der Waals surface area contributed by atoms with Gasteiger partial charge in [-0.15, -0.1) is 11.3 Å². The summed E-state index contributed by atoms with van der Waals surface area (Å²) in [5.74, 6) is -0.113. The maximum atomic E-state index is 12.1. The average molecular weight is 278 g/mol. The predicted octanol–water partition coefficient (Wildman–Crippen LogP) is 2.18. The Morgan fingerprint density at radius 2 is 2.37 bits per heavy atom. The number of nitrogens with two attached hydrogens (primary N) is 1. The molecule has 0 aliphatic rings. The van der Waals surface area contributed by atoms with Gasteiger partial charge in [0.1, 0.15) is 10.7 Å². The van der Waals surface area contributed by atoms with Gasteiger partial charge in [0, 0.05) is 23.8 Å². The Balaban J connectivity index is 2.03. The van der Waals surface area contributed by atoms with E-state index in [2.05, 4.69) is 17.2 Å². The van der Waals surface area contributed by atoms with Crippen LogP contribution in [0.3, 0.4) is 0 Å². The highest BCUT2D eigenvalue weighted by Crippen LogP contribution is 2.12. The number of nitrogens with zero attached hydrogens (tertiary/aromatic N) is 2. The van der Waals surface area contributed by atoms with Gasteiger partial charge in [0.2, 0.25) is 0 Å². The molecule has 2 aromatic heterocycles. The van der Waals surface area contributed by atoms with E-state index in [4.69, 9.17) is 5.73 Å². The smallest absolute Gasteiger partial charge is 0.268 e. The van der Waals surface area contributed by atoms with Crippen molar-refractivity contribution in [3.05, 3.63) is 34.0 Å². The first-order chi connectivity index (χ1) is 9.10. The molecule has 0 saturated carbocycles. The number of hydrogen-bond donors (Lipinski definition) is 2. The molecule has 5 nitrogen and oxygen atoms in total. The summed E-state index contributed by atoms with van der Waals surface area (Å²) in [7, 11) is 0. The zero-order valence-electron chi connectivity index (χ0n) is 11.1. The largest absolute Gasteiger partial charge is 0.397 e. The number of amides is 1. The Morgan fingerprint density at radius 1 is 1.58 bits per heavy atom. The molecule has 1 amide bonds. The molecule has 0 aliphatic heterocycles. The van der Waals surface area contributed by atoms with Gasteiger partial charge in [-0.05, 0) is 19.4 Å². The minimum atomic E-state index is -0.113. The van der Waals surface area contributed by atoms with Gasteiger partial charge >= 0.3 is 0 Å². The quantitative estimate of drug-likeness (QED) is 0.880. The molecular weight excluding hydrogens is 260 g/mol. The molecule has 0 atom stereocenters. The number of anilines is 1. The van der Waals surface area contributed by atoms with Crippen molar-refractivity contribution in [3.8, 4) is 0 Å². The van der Waals surface area contributed by atoms with Crippen molar-refractivity contribution < 1.29 is 4.79 Å². The Labute approximate surface area is 116 Å². The van der Waals surface area contributed by atoms with Crippen molar-refractivity contribution in [2.24, 2.45) is 0 Å². The van der Waals surface area contributed by atoms with Crippen LogP contribution in [0.1, 0.15) is 34.5 Å². The Hall–Kier alpha value is -1.82. The SMILES string of the molecule is CCCn1cc(N)cc1C(=O)NCc1nc(C)cs1. The lowest BCUT2D eigenvalue weighted by Crippen LogP contribution is -2.25. The molecule has 19 heavy (non-hydrogen) atoms. The lowest BCUT2D eigenvalue weighted by molar-refractivity contribution is 0.0941. The molecule has 2 aromatic rings. The molecule has 0 bridgehead atoms. The summed E-state index contributed by atoms with van der Waals surface area (Å²) in [6.07, 6.45) is 2.76. The van der Waals surface area contributed by atoms with Crippen LogP contribution in [-0.2, 0) is 13.1 Å². The first-order valence-electron chi connectivity index (χ1n) is 6.25. The van der Waals surface area contributed by atoms with Gasteiger partial charge in [-0.25, -0.2) is 4.98 Å². The molecule has 0 radical (unpaired) electrons. The number of thiazole rings is 1. The number of nitrogens with one attached hydrogen (secondary N) is 1. The minimum Gasteiger partial charge on any atom is -0.397 e. The van der Waals surface area contributed by atoms with Crippen LogP contribution in [0.5, 0.6) is 0 Å². The summed E-state index contributed by atoms with van der Waals surface area (Å²) in [5.41, 5.74) is 7.95. The normalized spacial score (nSPS) is 10.6. The topological polar surface area (TPSA) is 72.9 Å². The Bertz CT molecular complexity index is 573. The van der Waals surface area contributed by atoms with Gasteiger partial charge in [0.15, 0.2) is 0 Å². The summed E-state index contributed by atoms with van der Waals surface area (Å²) in [5, 5.41) is 5.75. The highest BCUT2D eigenvalue weighted by atomic mass is 32.1. The second kappa shape index (κ2) is 5.88. The molecular formula is C13H18N4OS.